The van der Waals surface area contributed by atoms with E-state index in [0.717, 1.165) is 6.42 Å². The third kappa shape index (κ3) is 2.47. The number of hydrogen-bond acceptors (Lipinski definition) is 0. The number of aryl methyl sites for hydroxylation is 1. The van der Waals surface area contributed by atoms with Crippen LogP contribution in [0.5, 0.6) is 0 Å². The summed E-state index contributed by atoms with van der Waals surface area (Å²) in [6, 6.07) is 4.33. The van der Waals surface area contributed by atoms with Gasteiger partial charge < -0.3 is 0 Å². The standard InChI is InChI=1S/C14H19/c1-5-6-7-8-14-10-9-11(2)12(3)13(14)4/h7,9-10H,5-6H2,1-4H3. The lowest BCUT2D eigenvalue weighted by molar-refractivity contribution is 0.955. The zero-order chi connectivity index (χ0) is 10.6. The Bertz CT molecular complexity index is 332. The van der Waals surface area contributed by atoms with Crippen LogP contribution in [0.4, 0.5) is 0 Å². The molecular formula is C14H19. The molecule has 0 spiro atoms. The number of rotatable bonds is 3. The van der Waals surface area contributed by atoms with Crippen LogP contribution in [-0.2, 0) is 0 Å². The van der Waals surface area contributed by atoms with Gasteiger partial charge in [-0.3, -0.25) is 0 Å². The van der Waals surface area contributed by atoms with Crippen molar-refractivity contribution in [1.29, 1.82) is 0 Å². The first-order valence-electron chi connectivity index (χ1n) is 5.31. The molecule has 0 atom stereocenters. The van der Waals surface area contributed by atoms with Gasteiger partial charge in [-0.05, 0) is 55.5 Å². The average Bonchev–Trinajstić information content (AvgIpc) is 2.18. The van der Waals surface area contributed by atoms with E-state index in [9.17, 15) is 0 Å². The van der Waals surface area contributed by atoms with Crippen molar-refractivity contribution in [1.82, 2.24) is 0 Å². The molecule has 1 radical (unpaired) electrons. The van der Waals surface area contributed by atoms with Crippen LogP contribution in [0.2, 0.25) is 0 Å². The molecule has 0 saturated heterocycles. The second-order valence-corrected chi connectivity index (χ2v) is 3.82. The summed E-state index contributed by atoms with van der Waals surface area (Å²) in [5, 5.41) is 0. The SMILES string of the molecule is CCC/C=[C]\c1ccc(C)c(C)c1C. The molecule has 14 heavy (non-hydrogen) atoms. The maximum absolute atomic E-state index is 3.36. The minimum atomic E-state index is 1.12. The number of benzene rings is 1. The van der Waals surface area contributed by atoms with E-state index in [4.69, 9.17) is 0 Å². The van der Waals surface area contributed by atoms with Gasteiger partial charge in [0.15, 0.2) is 0 Å². The zero-order valence-electron chi connectivity index (χ0n) is 9.65. The molecule has 0 N–H and O–H groups in total. The molecule has 0 fully saturated rings. The van der Waals surface area contributed by atoms with Crippen LogP contribution in [0.1, 0.15) is 42.0 Å². The van der Waals surface area contributed by atoms with Crippen LogP contribution >= 0.6 is 0 Å². The molecule has 0 aliphatic heterocycles. The lowest BCUT2D eigenvalue weighted by Gasteiger charge is -2.07. The van der Waals surface area contributed by atoms with Crippen LogP contribution in [0.25, 0.3) is 0 Å². The summed E-state index contributed by atoms with van der Waals surface area (Å²) >= 11 is 0. The first kappa shape index (κ1) is 11.0. The van der Waals surface area contributed by atoms with Gasteiger partial charge >= 0.3 is 0 Å². The van der Waals surface area contributed by atoms with Crippen LogP contribution < -0.4 is 0 Å². The lowest BCUT2D eigenvalue weighted by Crippen LogP contribution is -1.90. The van der Waals surface area contributed by atoms with Crippen molar-refractivity contribution in [3.05, 3.63) is 46.5 Å². The Morgan fingerprint density at radius 2 is 1.86 bits per heavy atom. The van der Waals surface area contributed by atoms with Crippen molar-refractivity contribution >= 4 is 0 Å². The molecule has 0 nitrogen and oxygen atoms in total. The Morgan fingerprint density at radius 3 is 2.50 bits per heavy atom. The predicted molar refractivity (Wildman–Crippen MR) is 62.5 cm³/mol. The highest BCUT2D eigenvalue weighted by Crippen LogP contribution is 2.17. The fourth-order valence-corrected chi connectivity index (χ4v) is 1.44. The van der Waals surface area contributed by atoms with E-state index < -0.39 is 0 Å². The van der Waals surface area contributed by atoms with E-state index in [1.165, 1.54) is 28.7 Å². The first-order valence-corrected chi connectivity index (χ1v) is 5.31. The Balaban J connectivity index is 2.94. The number of allylic oxidation sites excluding steroid dienone is 1. The molecule has 0 saturated carbocycles. The van der Waals surface area contributed by atoms with Crippen molar-refractivity contribution in [3.63, 3.8) is 0 Å². The molecule has 75 valence electrons. The van der Waals surface area contributed by atoms with Gasteiger partial charge in [0.2, 0.25) is 0 Å². The van der Waals surface area contributed by atoms with Gasteiger partial charge in [0.05, 0.1) is 0 Å². The van der Waals surface area contributed by atoms with Crippen LogP contribution in [0.3, 0.4) is 0 Å². The Kier molecular flexibility index (Phi) is 3.94. The summed E-state index contributed by atoms with van der Waals surface area (Å²) in [5.74, 6) is 0. The summed E-state index contributed by atoms with van der Waals surface area (Å²) in [5.41, 5.74) is 5.35. The quantitative estimate of drug-likeness (QED) is 0.667. The van der Waals surface area contributed by atoms with Crippen molar-refractivity contribution in [3.8, 4) is 0 Å². The minimum absolute atomic E-state index is 1.12. The van der Waals surface area contributed by atoms with Crippen LogP contribution in [0, 0.1) is 26.8 Å². The molecule has 0 aliphatic carbocycles. The molecule has 1 aromatic rings. The summed E-state index contributed by atoms with van der Waals surface area (Å²) in [7, 11) is 0. The largest absolute Gasteiger partial charge is 0.0760 e. The van der Waals surface area contributed by atoms with Gasteiger partial charge in [-0.1, -0.05) is 31.6 Å². The van der Waals surface area contributed by atoms with Gasteiger partial charge in [0.25, 0.3) is 0 Å². The van der Waals surface area contributed by atoms with Crippen molar-refractivity contribution in [2.24, 2.45) is 0 Å². The van der Waals surface area contributed by atoms with Gasteiger partial charge in [0, 0.05) is 0 Å². The van der Waals surface area contributed by atoms with Crippen LogP contribution in [0.15, 0.2) is 18.2 Å². The third-order valence-corrected chi connectivity index (χ3v) is 2.75. The molecule has 0 bridgehead atoms. The van der Waals surface area contributed by atoms with Crippen molar-refractivity contribution in [2.45, 2.75) is 40.5 Å². The Hall–Kier alpha value is -1.04. The van der Waals surface area contributed by atoms with Crippen molar-refractivity contribution < 1.29 is 0 Å². The second-order valence-electron chi connectivity index (χ2n) is 3.82. The number of unbranched alkanes of at least 4 members (excludes halogenated alkanes) is 1. The van der Waals surface area contributed by atoms with Gasteiger partial charge in [0.1, 0.15) is 0 Å². The highest BCUT2D eigenvalue weighted by atomic mass is 14.0. The Morgan fingerprint density at radius 1 is 1.14 bits per heavy atom. The zero-order valence-corrected chi connectivity index (χ0v) is 9.65. The Labute approximate surface area is 87.7 Å². The number of hydrogen-bond donors (Lipinski definition) is 0. The molecule has 0 aromatic heterocycles. The molecule has 0 heterocycles. The van der Waals surface area contributed by atoms with E-state index >= 15 is 0 Å². The summed E-state index contributed by atoms with van der Waals surface area (Å²) in [6.07, 6.45) is 7.80. The maximum Gasteiger partial charge on any atom is -0.0146 e. The van der Waals surface area contributed by atoms with Crippen LogP contribution in [-0.4, -0.2) is 0 Å². The van der Waals surface area contributed by atoms with Gasteiger partial charge in [-0.15, -0.1) is 0 Å². The van der Waals surface area contributed by atoms with E-state index in [2.05, 4.69) is 52.0 Å². The molecule has 0 amide bonds. The normalized spacial score (nSPS) is 11.1. The molecule has 0 heteroatoms. The van der Waals surface area contributed by atoms with E-state index in [-0.39, 0.29) is 0 Å². The molecule has 1 rings (SSSR count). The second kappa shape index (κ2) is 4.99. The van der Waals surface area contributed by atoms with E-state index in [0.29, 0.717) is 0 Å². The molecular weight excluding hydrogens is 168 g/mol. The smallest absolute Gasteiger partial charge is 0.0146 e. The predicted octanol–water partition coefficient (Wildman–Crippen LogP) is 4.12. The molecule has 1 aromatic carbocycles. The van der Waals surface area contributed by atoms with E-state index in [1.807, 2.05) is 0 Å². The highest BCUT2D eigenvalue weighted by Gasteiger charge is 2.00. The fourth-order valence-electron chi connectivity index (χ4n) is 1.44. The molecule has 0 aliphatic rings. The van der Waals surface area contributed by atoms with Crippen molar-refractivity contribution in [2.75, 3.05) is 0 Å². The maximum atomic E-state index is 3.36. The molecule has 0 unspecified atom stereocenters. The summed E-state index contributed by atoms with van der Waals surface area (Å²) in [4.78, 5) is 0. The first-order chi connectivity index (χ1) is 6.66. The topological polar surface area (TPSA) is 0 Å². The third-order valence-electron chi connectivity index (χ3n) is 2.75. The monoisotopic (exact) mass is 187 g/mol. The van der Waals surface area contributed by atoms with Gasteiger partial charge in [-0.2, -0.15) is 0 Å². The average molecular weight is 187 g/mol. The fraction of sp³-hybridized carbons (Fsp3) is 0.429. The van der Waals surface area contributed by atoms with Gasteiger partial charge in [-0.25, -0.2) is 0 Å². The van der Waals surface area contributed by atoms with E-state index in [1.54, 1.807) is 0 Å². The summed E-state index contributed by atoms with van der Waals surface area (Å²) in [6.45, 7) is 8.69. The summed E-state index contributed by atoms with van der Waals surface area (Å²) < 4.78 is 0. The highest BCUT2D eigenvalue weighted by molar-refractivity contribution is 5.41. The lowest BCUT2D eigenvalue weighted by atomic mass is 9.98. The minimum Gasteiger partial charge on any atom is -0.0760 e.